The third-order valence-corrected chi connectivity index (χ3v) is 5.67. The van der Waals surface area contributed by atoms with E-state index in [1.165, 1.54) is 62.5 Å². The van der Waals surface area contributed by atoms with Gasteiger partial charge in [0.15, 0.2) is 0 Å². The topological polar surface area (TPSA) is 18.5 Å². The van der Waals surface area contributed by atoms with Gasteiger partial charge in [0.05, 0.1) is 12.7 Å². The molecule has 1 aromatic carbocycles. The average molecular weight is 302 g/mol. The van der Waals surface area contributed by atoms with Crippen LogP contribution in [0.1, 0.15) is 56.1 Å². The number of aryl methyl sites for hydroxylation is 1. The van der Waals surface area contributed by atoms with E-state index in [0.29, 0.717) is 6.10 Å². The summed E-state index contributed by atoms with van der Waals surface area (Å²) in [6.45, 7) is 3.13. The molecular formula is C20H30O2. The lowest BCUT2D eigenvalue weighted by Gasteiger charge is -2.28. The van der Waals surface area contributed by atoms with E-state index in [2.05, 4.69) is 25.1 Å². The predicted molar refractivity (Wildman–Crippen MR) is 90.5 cm³/mol. The summed E-state index contributed by atoms with van der Waals surface area (Å²) in [5, 5.41) is 0. The van der Waals surface area contributed by atoms with Crippen molar-refractivity contribution in [3.8, 4) is 5.75 Å². The number of rotatable bonds is 6. The van der Waals surface area contributed by atoms with E-state index in [-0.39, 0.29) is 0 Å². The van der Waals surface area contributed by atoms with Gasteiger partial charge in [-0.1, -0.05) is 12.5 Å². The Hall–Kier alpha value is -1.02. The fourth-order valence-corrected chi connectivity index (χ4v) is 3.71. The molecule has 1 aromatic rings. The highest BCUT2D eigenvalue weighted by Crippen LogP contribution is 2.31. The van der Waals surface area contributed by atoms with Gasteiger partial charge in [0.2, 0.25) is 0 Å². The average Bonchev–Trinajstić information content (AvgIpc) is 2.49. The van der Waals surface area contributed by atoms with E-state index in [1.54, 1.807) is 0 Å². The largest absolute Gasteiger partial charge is 0.493 e. The summed E-state index contributed by atoms with van der Waals surface area (Å²) in [6, 6.07) is 6.65. The first-order valence-electron chi connectivity index (χ1n) is 8.99. The normalized spacial score (nSPS) is 25.7. The van der Waals surface area contributed by atoms with Crippen LogP contribution in [0.3, 0.4) is 0 Å². The molecule has 0 saturated heterocycles. The van der Waals surface area contributed by atoms with Crippen LogP contribution in [0.5, 0.6) is 5.75 Å². The Kier molecular flexibility index (Phi) is 5.41. The number of methoxy groups -OCH3 is 1. The Morgan fingerprint density at radius 2 is 1.77 bits per heavy atom. The Balaban J connectivity index is 1.55. The highest BCUT2D eigenvalue weighted by atomic mass is 16.5. The van der Waals surface area contributed by atoms with E-state index in [1.807, 2.05) is 7.11 Å². The van der Waals surface area contributed by atoms with Crippen molar-refractivity contribution in [2.24, 2.45) is 11.8 Å². The van der Waals surface area contributed by atoms with Gasteiger partial charge in [-0.25, -0.2) is 0 Å². The van der Waals surface area contributed by atoms with Gasteiger partial charge in [-0.05, 0) is 87.0 Å². The van der Waals surface area contributed by atoms with Crippen molar-refractivity contribution in [3.63, 3.8) is 0 Å². The molecule has 2 nitrogen and oxygen atoms in total. The molecule has 0 bridgehead atoms. The number of hydrogen-bond acceptors (Lipinski definition) is 2. The van der Waals surface area contributed by atoms with Crippen LogP contribution in [0.25, 0.3) is 0 Å². The standard InChI is InChI=1S/C20H30O2/c1-15-6-9-20(22-14-17-4-3-5-17)13-18(15)12-16-7-10-19(21-2)11-8-16/h6,9,13,16-17,19H,3-5,7-8,10-12,14H2,1-2H3. The number of benzene rings is 1. The van der Waals surface area contributed by atoms with Crippen molar-refractivity contribution >= 4 is 0 Å². The van der Waals surface area contributed by atoms with Crippen LogP contribution in [-0.2, 0) is 11.2 Å². The van der Waals surface area contributed by atoms with Gasteiger partial charge in [0.1, 0.15) is 5.75 Å². The quantitative estimate of drug-likeness (QED) is 0.742. The van der Waals surface area contributed by atoms with Crippen LogP contribution >= 0.6 is 0 Å². The molecule has 22 heavy (non-hydrogen) atoms. The third kappa shape index (κ3) is 4.04. The van der Waals surface area contributed by atoms with E-state index in [0.717, 1.165) is 24.2 Å². The van der Waals surface area contributed by atoms with Crippen LogP contribution in [0.15, 0.2) is 18.2 Å². The van der Waals surface area contributed by atoms with Crippen LogP contribution in [0.4, 0.5) is 0 Å². The minimum Gasteiger partial charge on any atom is -0.493 e. The summed E-state index contributed by atoms with van der Waals surface area (Å²) >= 11 is 0. The minimum atomic E-state index is 0.495. The van der Waals surface area contributed by atoms with E-state index >= 15 is 0 Å². The zero-order chi connectivity index (χ0) is 15.4. The van der Waals surface area contributed by atoms with Gasteiger partial charge >= 0.3 is 0 Å². The summed E-state index contributed by atoms with van der Waals surface area (Å²) in [7, 11) is 1.85. The molecule has 0 N–H and O–H groups in total. The number of ether oxygens (including phenoxy) is 2. The van der Waals surface area contributed by atoms with E-state index in [4.69, 9.17) is 9.47 Å². The molecule has 2 saturated carbocycles. The van der Waals surface area contributed by atoms with Crippen molar-refractivity contribution in [3.05, 3.63) is 29.3 Å². The third-order valence-electron chi connectivity index (χ3n) is 5.67. The summed E-state index contributed by atoms with van der Waals surface area (Å²) in [4.78, 5) is 0. The number of hydrogen-bond donors (Lipinski definition) is 0. The highest BCUT2D eigenvalue weighted by Gasteiger charge is 2.22. The molecule has 0 unspecified atom stereocenters. The monoisotopic (exact) mass is 302 g/mol. The molecule has 0 amide bonds. The molecule has 2 aliphatic rings. The second-order valence-corrected chi connectivity index (χ2v) is 7.28. The lowest BCUT2D eigenvalue weighted by Crippen LogP contribution is -2.21. The minimum absolute atomic E-state index is 0.495. The predicted octanol–water partition coefficient (Wildman–Crippen LogP) is 4.92. The van der Waals surface area contributed by atoms with Crippen LogP contribution < -0.4 is 4.74 Å². The van der Waals surface area contributed by atoms with Crippen molar-refractivity contribution in [1.29, 1.82) is 0 Å². The van der Waals surface area contributed by atoms with Crippen molar-refractivity contribution in [2.45, 2.75) is 64.4 Å². The highest BCUT2D eigenvalue weighted by molar-refractivity contribution is 5.35. The summed E-state index contributed by atoms with van der Waals surface area (Å²) < 4.78 is 11.5. The smallest absolute Gasteiger partial charge is 0.119 e. The molecule has 0 radical (unpaired) electrons. The molecule has 0 aliphatic heterocycles. The Labute approximate surface area is 135 Å². The van der Waals surface area contributed by atoms with Crippen LogP contribution in [0, 0.1) is 18.8 Å². The van der Waals surface area contributed by atoms with Crippen molar-refractivity contribution < 1.29 is 9.47 Å². The molecule has 0 spiro atoms. The van der Waals surface area contributed by atoms with E-state index in [9.17, 15) is 0 Å². The fraction of sp³-hybridized carbons (Fsp3) is 0.700. The molecule has 0 atom stereocenters. The van der Waals surface area contributed by atoms with E-state index < -0.39 is 0 Å². The molecular weight excluding hydrogens is 272 g/mol. The summed E-state index contributed by atoms with van der Waals surface area (Å²) in [5.41, 5.74) is 2.89. The maximum absolute atomic E-state index is 6.01. The van der Waals surface area contributed by atoms with Gasteiger partial charge < -0.3 is 9.47 Å². The fourth-order valence-electron chi connectivity index (χ4n) is 3.71. The molecule has 2 aliphatic carbocycles. The van der Waals surface area contributed by atoms with Gasteiger partial charge in [-0.2, -0.15) is 0 Å². The second-order valence-electron chi connectivity index (χ2n) is 7.28. The Morgan fingerprint density at radius 3 is 2.41 bits per heavy atom. The summed E-state index contributed by atoms with van der Waals surface area (Å²) in [6.07, 6.45) is 10.8. The van der Waals surface area contributed by atoms with Gasteiger partial charge in [-0.3, -0.25) is 0 Å². The van der Waals surface area contributed by atoms with Gasteiger partial charge in [0, 0.05) is 7.11 Å². The lowest BCUT2D eigenvalue weighted by atomic mass is 9.82. The van der Waals surface area contributed by atoms with Gasteiger partial charge in [0.25, 0.3) is 0 Å². The Bertz CT molecular complexity index is 471. The summed E-state index contributed by atoms with van der Waals surface area (Å²) in [5.74, 6) is 2.68. The first kappa shape index (κ1) is 15.9. The molecule has 122 valence electrons. The molecule has 3 rings (SSSR count). The van der Waals surface area contributed by atoms with Crippen LogP contribution in [0.2, 0.25) is 0 Å². The van der Waals surface area contributed by atoms with Crippen LogP contribution in [-0.4, -0.2) is 19.8 Å². The molecule has 2 fully saturated rings. The first-order chi connectivity index (χ1) is 10.7. The Morgan fingerprint density at radius 1 is 1.00 bits per heavy atom. The van der Waals surface area contributed by atoms with Gasteiger partial charge in [-0.15, -0.1) is 0 Å². The zero-order valence-electron chi connectivity index (χ0n) is 14.1. The van der Waals surface area contributed by atoms with Crippen molar-refractivity contribution in [2.75, 3.05) is 13.7 Å². The lowest BCUT2D eigenvalue weighted by molar-refractivity contribution is 0.0568. The molecule has 0 heterocycles. The second kappa shape index (κ2) is 7.50. The van der Waals surface area contributed by atoms with Crippen molar-refractivity contribution in [1.82, 2.24) is 0 Å². The maximum atomic E-state index is 6.01. The maximum Gasteiger partial charge on any atom is 0.119 e. The molecule has 2 heteroatoms. The molecule has 0 aromatic heterocycles. The SMILES string of the molecule is COC1CCC(Cc2cc(OCC3CCC3)ccc2C)CC1. The zero-order valence-corrected chi connectivity index (χ0v) is 14.1. The first-order valence-corrected chi connectivity index (χ1v) is 8.99.